The standard InChI is InChI=1S/C28H24N2O2/c1-29(21-9-5-3-6-10-21)27(31)23-17-15-19-13-14-20-16-18-24(26(23)25(19)20)28(32)30(2)22-11-7-4-8-12-22/h3-12,15-18H,13-14H2,1-2H3. The van der Waals surface area contributed by atoms with Gasteiger partial charge in [-0.25, -0.2) is 0 Å². The van der Waals surface area contributed by atoms with Crippen LogP contribution < -0.4 is 9.80 Å². The van der Waals surface area contributed by atoms with Crippen LogP contribution in [0.3, 0.4) is 0 Å². The van der Waals surface area contributed by atoms with Gasteiger partial charge in [-0.1, -0.05) is 48.5 Å². The Labute approximate surface area is 187 Å². The summed E-state index contributed by atoms with van der Waals surface area (Å²) in [5.41, 5.74) is 5.15. The summed E-state index contributed by atoms with van der Waals surface area (Å²) in [5, 5.41) is 1.82. The summed E-state index contributed by atoms with van der Waals surface area (Å²) in [5.74, 6) is -0.244. The first-order valence-corrected chi connectivity index (χ1v) is 10.8. The topological polar surface area (TPSA) is 40.6 Å². The van der Waals surface area contributed by atoms with Crippen LogP contribution in [0.4, 0.5) is 11.4 Å². The van der Waals surface area contributed by atoms with Crippen LogP contribution in [0.15, 0.2) is 84.9 Å². The van der Waals surface area contributed by atoms with Gasteiger partial charge in [0.15, 0.2) is 0 Å². The van der Waals surface area contributed by atoms with E-state index in [9.17, 15) is 9.59 Å². The van der Waals surface area contributed by atoms with Crippen LogP contribution in [0.2, 0.25) is 0 Å². The number of hydrogen-bond acceptors (Lipinski definition) is 2. The molecule has 0 aromatic heterocycles. The summed E-state index contributed by atoms with van der Waals surface area (Å²) >= 11 is 0. The van der Waals surface area contributed by atoms with Gasteiger partial charge in [0.25, 0.3) is 11.8 Å². The molecule has 32 heavy (non-hydrogen) atoms. The number of rotatable bonds is 4. The molecule has 0 bridgehead atoms. The minimum atomic E-state index is -0.122. The van der Waals surface area contributed by atoms with Crippen molar-refractivity contribution >= 4 is 34.0 Å². The molecule has 0 saturated heterocycles. The molecule has 2 amide bonds. The molecule has 1 aliphatic rings. The Morgan fingerprint density at radius 1 is 0.562 bits per heavy atom. The zero-order valence-electron chi connectivity index (χ0n) is 18.2. The first kappa shape index (κ1) is 20.0. The maximum atomic E-state index is 13.6. The Morgan fingerprint density at radius 3 is 1.38 bits per heavy atom. The van der Waals surface area contributed by atoms with Crippen molar-refractivity contribution in [3.05, 3.63) is 107 Å². The Balaban J connectivity index is 1.67. The van der Waals surface area contributed by atoms with Crippen LogP contribution >= 0.6 is 0 Å². The molecule has 0 N–H and O–H groups in total. The number of para-hydroxylation sites is 2. The fourth-order valence-corrected chi connectivity index (χ4v) is 4.58. The number of anilines is 2. The van der Waals surface area contributed by atoms with Gasteiger partial charge in [0.05, 0.1) is 0 Å². The van der Waals surface area contributed by atoms with Crippen LogP contribution in [0.25, 0.3) is 10.8 Å². The third-order valence-electron chi connectivity index (χ3n) is 6.35. The Kier molecular flexibility index (Phi) is 4.98. The van der Waals surface area contributed by atoms with Crippen LogP contribution in [-0.4, -0.2) is 25.9 Å². The molecule has 0 heterocycles. The first-order valence-electron chi connectivity index (χ1n) is 10.8. The summed E-state index contributed by atoms with van der Waals surface area (Å²) in [7, 11) is 3.55. The van der Waals surface area contributed by atoms with Gasteiger partial charge in [-0.3, -0.25) is 9.59 Å². The Hall–Kier alpha value is -3.92. The van der Waals surface area contributed by atoms with Crippen molar-refractivity contribution in [3.8, 4) is 0 Å². The van der Waals surface area contributed by atoms with E-state index in [0.717, 1.165) is 35.0 Å². The number of carbonyl (C=O) groups is 2. The maximum absolute atomic E-state index is 13.6. The van der Waals surface area contributed by atoms with E-state index < -0.39 is 0 Å². The molecule has 0 radical (unpaired) electrons. The molecule has 1 aliphatic carbocycles. The van der Waals surface area contributed by atoms with Gasteiger partial charge >= 0.3 is 0 Å². The van der Waals surface area contributed by atoms with E-state index in [1.807, 2.05) is 84.9 Å². The average molecular weight is 421 g/mol. The van der Waals surface area contributed by atoms with Gasteiger partial charge in [-0.05, 0) is 65.8 Å². The average Bonchev–Trinajstić information content (AvgIpc) is 3.28. The molecule has 0 saturated carbocycles. The summed E-state index contributed by atoms with van der Waals surface area (Å²) < 4.78 is 0. The molecule has 0 spiro atoms. The van der Waals surface area contributed by atoms with Gasteiger partial charge < -0.3 is 9.80 Å². The first-order chi connectivity index (χ1) is 15.6. The lowest BCUT2D eigenvalue weighted by Crippen LogP contribution is -2.29. The van der Waals surface area contributed by atoms with Gasteiger partial charge in [0, 0.05) is 42.0 Å². The minimum absolute atomic E-state index is 0.122. The summed E-state index contributed by atoms with van der Waals surface area (Å²) in [4.78, 5) is 30.5. The van der Waals surface area contributed by atoms with E-state index in [-0.39, 0.29) is 11.8 Å². The molecule has 0 unspecified atom stereocenters. The van der Waals surface area contributed by atoms with Crippen molar-refractivity contribution in [1.29, 1.82) is 0 Å². The third kappa shape index (κ3) is 3.25. The molecule has 158 valence electrons. The van der Waals surface area contributed by atoms with Crippen LogP contribution in [-0.2, 0) is 12.8 Å². The molecule has 0 fully saturated rings. The lowest BCUT2D eigenvalue weighted by molar-refractivity contribution is 0.0992. The monoisotopic (exact) mass is 420 g/mol. The van der Waals surface area contributed by atoms with Crippen molar-refractivity contribution in [2.45, 2.75) is 12.8 Å². The van der Waals surface area contributed by atoms with E-state index in [1.165, 1.54) is 11.1 Å². The van der Waals surface area contributed by atoms with Crippen molar-refractivity contribution in [2.24, 2.45) is 0 Å². The second kappa shape index (κ2) is 7.97. The smallest absolute Gasteiger partial charge is 0.258 e. The lowest BCUT2D eigenvalue weighted by atomic mass is 9.94. The molecule has 0 atom stereocenters. The summed E-state index contributed by atoms with van der Waals surface area (Å²) in [6, 6.07) is 27.0. The van der Waals surface area contributed by atoms with Gasteiger partial charge in [-0.15, -0.1) is 0 Å². The van der Waals surface area contributed by atoms with Crippen molar-refractivity contribution in [3.63, 3.8) is 0 Å². The number of benzene rings is 4. The summed E-state index contributed by atoms with van der Waals surface area (Å²) in [6.45, 7) is 0. The van der Waals surface area contributed by atoms with Crippen molar-refractivity contribution < 1.29 is 9.59 Å². The van der Waals surface area contributed by atoms with Crippen LogP contribution in [0, 0.1) is 0 Å². The van der Waals surface area contributed by atoms with Crippen LogP contribution in [0.5, 0.6) is 0 Å². The van der Waals surface area contributed by atoms with Crippen molar-refractivity contribution in [1.82, 2.24) is 0 Å². The fraction of sp³-hybridized carbons (Fsp3) is 0.143. The van der Waals surface area contributed by atoms with Crippen LogP contribution in [0.1, 0.15) is 31.8 Å². The molecular formula is C28H24N2O2. The molecule has 4 heteroatoms. The highest BCUT2D eigenvalue weighted by Crippen LogP contribution is 2.36. The highest BCUT2D eigenvalue weighted by Gasteiger charge is 2.27. The molecule has 4 nitrogen and oxygen atoms in total. The van der Waals surface area contributed by atoms with E-state index in [1.54, 1.807) is 23.9 Å². The zero-order valence-corrected chi connectivity index (χ0v) is 18.2. The quantitative estimate of drug-likeness (QED) is 0.438. The van der Waals surface area contributed by atoms with E-state index >= 15 is 0 Å². The van der Waals surface area contributed by atoms with Gasteiger partial charge in [-0.2, -0.15) is 0 Å². The lowest BCUT2D eigenvalue weighted by Gasteiger charge is -2.22. The molecule has 0 aliphatic heterocycles. The number of nitrogens with zero attached hydrogens (tertiary/aromatic N) is 2. The molecule has 4 aromatic carbocycles. The highest BCUT2D eigenvalue weighted by atomic mass is 16.2. The molecule has 5 rings (SSSR count). The number of aryl methyl sites for hydroxylation is 2. The minimum Gasteiger partial charge on any atom is -0.311 e. The zero-order chi connectivity index (χ0) is 22.2. The van der Waals surface area contributed by atoms with Crippen molar-refractivity contribution in [2.75, 3.05) is 23.9 Å². The number of carbonyl (C=O) groups excluding carboxylic acids is 2. The van der Waals surface area contributed by atoms with E-state index in [4.69, 9.17) is 0 Å². The Morgan fingerprint density at radius 2 is 0.969 bits per heavy atom. The molecule has 4 aromatic rings. The van der Waals surface area contributed by atoms with E-state index in [2.05, 4.69) is 0 Å². The predicted octanol–water partition coefficient (Wildman–Crippen LogP) is 5.49. The number of amides is 2. The van der Waals surface area contributed by atoms with E-state index in [0.29, 0.717) is 11.1 Å². The maximum Gasteiger partial charge on any atom is 0.258 e. The second-order valence-electron chi connectivity index (χ2n) is 8.19. The highest BCUT2D eigenvalue weighted by molar-refractivity contribution is 6.22. The van der Waals surface area contributed by atoms with Gasteiger partial charge in [0.1, 0.15) is 0 Å². The molecular weight excluding hydrogens is 396 g/mol. The number of hydrogen-bond donors (Lipinski definition) is 0. The van der Waals surface area contributed by atoms with Gasteiger partial charge in [0.2, 0.25) is 0 Å². The predicted molar refractivity (Wildman–Crippen MR) is 130 cm³/mol. The Bertz CT molecular complexity index is 1230. The third-order valence-corrected chi connectivity index (χ3v) is 6.35. The SMILES string of the molecule is CN(C(=O)c1ccc2c3c(ccc(C(=O)N(C)c4ccccc4)c13)CC2)c1ccccc1. The normalized spacial score (nSPS) is 12.1. The summed E-state index contributed by atoms with van der Waals surface area (Å²) in [6.07, 6.45) is 1.86. The fourth-order valence-electron chi connectivity index (χ4n) is 4.58. The second-order valence-corrected chi connectivity index (χ2v) is 8.19. The largest absolute Gasteiger partial charge is 0.311 e.